The summed E-state index contributed by atoms with van der Waals surface area (Å²) in [7, 11) is -12.2. The summed E-state index contributed by atoms with van der Waals surface area (Å²) in [6.45, 7) is -12.2. The van der Waals surface area contributed by atoms with Crippen LogP contribution in [0.5, 0.6) is 46.0 Å². The van der Waals surface area contributed by atoms with Gasteiger partial charge in [0.25, 0.3) is 17.8 Å². The van der Waals surface area contributed by atoms with Gasteiger partial charge in [0.05, 0.1) is 126 Å². The highest BCUT2D eigenvalue weighted by atomic mass is 32.2. The number of sulfone groups is 3. The van der Waals surface area contributed by atoms with E-state index in [1.807, 2.05) is 27.7 Å². The number of rotatable bonds is 25. The summed E-state index contributed by atoms with van der Waals surface area (Å²) in [6.07, 6.45) is 2.37. The number of methoxy groups -OCH3 is 4. The van der Waals surface area contributed by atoms with Crippen molar-refractivity contribution in [2.45, 2.75) is 109 Å². The van der Waals surface area contributed by atoms with Gasteiger partial charge in [-0.3, -0.25) is 33.7 Å². The molecule has 4 amide bonds. The maximum Gasteiger partial charge on any atom is 0.349 e. The Labute approximate surface area is 702 Å². The minimum atomic E-state index is -4.66. The molecule has 0 aliphatic carbocycles. The zero-order chi connectivity index (χ0) is 108. The summed E-state index contributed by atoms with van der Waals surface area (Å²) in [5, 5.41) is 12.3. The van der Waals surface area contributed by atoms with Crippen LogP contribution in [0.2, 0.25) is 0 Å². The summed E-state index contributed by atoms with van der Waals surface area (Å²) in [4.78, 5) is 92.1. The Morgan fingerprint density at radius 2 is 0.874 bits per heavy atom. The normalized spacial score (nSPS) is 17.2. The molecule has 622 valence electrons. The van der Waals surface area contributed by atoms with Crippen molar-refractivity contribution in [3.05, 3.63) is 154 Å². The summed E-state index contributed by atoms with van der Waals surface area (Å²) in [5.41, 5.74) is 11.9. The quantitative estimate of drug-likeness (QED) is 0.0121. The first kappa shape index (κ1) is 63.7. The third-order valence-electron chi connectivity index (χ3n) is 12.0. The summed E-state index contributed by atoms with van der Waals surface area (Å²) >= 11 is 0. The van der Waals surface area contributed by atoms with Crippen LogP contribution in [-0.2, 0) is 48.6 Å². The van der Waals surface area contributed by atoms with Crippen LogP contribution >= 0.6 is 13.5 Å². The highest BCUT2D eigenvalue weighted by Crippen LogP contribution is 2.39. The van der Waals surface area contributed by atoms with Crippen molar-refractivity contribution in [3.8, 4) is 46.0 Å². The Hall–Kier alpha value is -9.88. The first-order valence-corrected chi connectivity index (χ1v) is 36.2. The number of nitrogens with zero attached hydrogens (tertiary/aromatic N) is 1. The van der Waals surface area contributed by atoms with Crippen LogP contribution in [0, 0.1) is 0 Å². The van der Waals surface area contributed by atoms with Crippen LogP contribution in [0.1, 0.15) is 217 Å². The number of nitrogens with one attached hydrogen (secondary N) is 2. The summed E-state index contributed by atoms with van der Waals surface area (Å²) in [6, 6.07) is 16.8. The number of hydrogen-bond acceptors (Lipinski definition) is 27. The molecule has 0 bridgehead atoms. The van der Waals surface area contributed by atoms with Gasteiger partial charge in [0, 0.05) is 81.9 Å². The maximum absolute atomic E-state index is 13.6. The fourth-order valence-electron chi connectivity index (χ4n) is 8.19. The summed E-state index contributed by atoms with van der Waals surface area (Å²) in [5.74, 6) is -7.64. The van der Waals surface area contributed by atoms with Crippen molar-refractivity contribution in [2.24, 2.45) is 22.9 Å². The van der Waals surface area contributed by atoms with Crippen LogP contribution in [-0.4, -0.2) is 187 Å². The van der Waals surface area contributed by atoms with E-state index in [1.165, 1.54) is 82.7 Å². The van der Waals surface area contributed by atoms with E-state index in [9.17, 15) is 58.8 Å². The molecule has 2 heterocycles. The number of carbonyl (C=O) groups excluding carboxylic acids is 7. The zero-order valence-electron chi connectivity index (χ0n) is 89.9. The lowest BCUT2D eigenvalue weighted by Crippen LogP contribution is -2.37. The molecule has 0 aromatic heterocycles. The first-order valence-electron chi connectivity index (χ1n) is 45.1. The zero-order valence-corrected chi connectivity index (χ0v) is 64.4. The van der Waals surface area contributed by atoms with Gasteiger partial charge in [-0.25, -0.2) is 34.8 Å². The second kappa shape index (κ2) is 54.7. The predicted molar refractivity (Wildman–Crippen MR) is 437 cm³/mol. The number of ether oxygens (including phenoxy) is 9. The molecule has 111 heavy (non-hydrogen) atoms. The molecule has 0 radical (unpaired) electrons. The molecular formula is C76H115N7O24S4. The van der Waals surface area contributed by atoms with Gasteiger partial charge >= 0.3 is 11.9 Å². The second-order valence-electron chi connectivity index (χ2n) is 20.3. The SMILES string of the molecule is C.C.CC.CC(=O)Nc1cccc2c1C(=O)OC2=O.CC(=O)O.CCN.CCN.S.[2H]C([2H])([2H])C([2H])([2H])Oc1cc(C(N)C([2H])([2H])S(C)(=O)=O)ccc1OC.[2H]C([2H])([2H])C([2H])([2H])Oc1cc([C@H](N)C([2H])([2H])S(C)(=O)=O)ccc1OC.[2H]C([2H])([2H])C([2H])([2H])Oc1cc([C@H](N2C(=O)c3cccc(NC(C)=O)c3C2=O)C([2H])([2H])S(C)(=O)=O)ccc1OC.[2H]C([2H])([2H])Oc1ccc(C=O)cc1OC([2H])([2H])C([2H])([2H])[2H]. The molecule has 0 saturated heterocycles. The number of cyclic esters (lactones) is 2. The number of imide groups is 1. The highest BCUT2D eigenvalue weighted by Gasteiger charge is 2.43. The van der Waals surface area contributed by atoms with E-state index in [0.717, 1.165) is 69.6 Å². The molecule has 1 unspecified atom stereocenters. The van der Waals surface area contributed by atoms with E-state index in [4.69, 9.17) is 106 Å². The number of anilines is 2. The number of carboxylic acids is 1. The maximum atomic E-state index is 13.6. The number of fused-ring (bicyclic) bond motifs is 2. The molecule has 6 aromatic rings. The molecule has 8 rings (SSSR count). The molecule has 0 spiro atoms. The van der Waals surface area contributed by atoms with E-state index in [0.29, 0.717) is 35.6 Å². The monoisotopic (exact) mass is 1670 g/mol. The molecule has 3 atom stereocenters. The third-order valence-corrected chi connectivity index (χ3v) is 14.0. The van der Waals surface area contributed by atoms with Gasteiger partial charge in [0.15, 0.2) is 46.0 Å². The van der Waals surface area contributed by atoms with E-state index >= 15 is 0 Å². The molecule has 31 nitrogen and oxygen atoms in total. The van der Waals surface area contributed by atoms with Crippen LogP contribution in [0.15, 0.2) is 109 Å². The number of aldehydes is 1. The Morgan fingerprint density at radius 3 is 1.23 bits per heavy atom. The predicted octanol–water partition coefficient (Wildman–Crippen LogP) is 10.0. The minimum Gasteiger partial charge on any atom is -0.493 e. The number of carboxylic acid groups (broad SMARTS) is 1. The highest BCUT2D eigenvalue weighted by molar-refractivity contribution is 7.91. The Morgan fingerprint density at radius 1 is 0.532 bits per heavy atom. The average Bonchev–Trinajstić information content (AvgIpc) is 1.57. The lowest BCUT2D eigenvalue weighted by molar-refractivity contribution is -0.134. The average molecular weight is 1670 g/mol. The molecule has 2 aliphatic heterocycles. The minimum absolute atomic E-state index is 0. The fraction of sp³-hybridized carbons (Fsp3) is 0.421. The van der Waals surface area contributed by atoms with Crippen molar-refractivity contribution < 1.29 is 151 Å². The van der Waals surface area contributed by atoms with E-state index < -0.39 is 178 Å². The number of nitrogens with two attached hydrogens (primary N) is 4. The van der Waals surface area contributed by atoms with Crippen LogP contribution in [0.4, 0.5) is 11.4 Å². The molecule has 0 fully saturated rings. The van der Waals surface area contributed by atoms with Crippen LogP contribution in [0.25, 0.3) is 0 Å². The van der Waals surface area contributed by atoms with E-state index in [1.54, 1.807) is 12.1 Å². The number of hydrogen-bond donors (Lipinski definition) is 7. The Bertz CT molecular complexity index is 5450. The molecule has 2 aliphatic rings. The fourth-order valence-corrected chi connectivity index (χ4v) is 10.0. The van der Waals surface area contributed by atoms with Crippen LogP contribution < -0.4 is 71.5 Å². The Kier molecular flexibility index (Phi) is 31.4. The summed E-state index contributed by atoms with van der Waals surface area (Å²) < 4.78 is 331. The topological polar surface area (TPSA) is 474 Å². The van der Waals surface area contributed by atoms with Crippen molar-refractivity contribution in [3.63, 3.8) is 0 Å². The van der Waals surface area contributed by atoms with Gasteiger partial charge in [-0.05, 0) is 136 Å². The largest absolute Gasteiger partial charge is 0.493 e. The van der Waals surface area contributed by atoms with Gasteiger partial charge in [0.1, 0.15) is 35.8 Å². The first-order chi connectivity index (χ1) is 61.8. The Balaban J connectivity index is -0.000000819. The third kappa shape index (κ3) is 38.1. The van der Waals surface area contributed by atoms with Crippen molar-refractivity contribution in [1.29, 1.82) is 0 Å². The lowest BCUT2D eigenvalue weighted by atomic mass is 10.1. The molecule has 35 heteroatoms. The number of benzene rings is 6. The molecule has 6 aromatic carbocycles. The van der Waals surface area contributed by atoms with Gasteiger partial charge in [-0.15, -0.1) is 0 Å². The number of carbonyl (C=O) groups is 8. The van der Waals surface area contributed by atoms with Crippen molar-refractivity contribution in [2.75, 3.05) is 114 Å². The van der Waals surface area contributed by atoms with Gasteiger partial charge in [0.2, 0.25) is 11.8 Å². The van der Waals surface area contributed by atoms with Crippen molar-refractivity contribution in [1.82, 2.24) is 4.90 Å². The van der Waals surface area contributed by atoms with Crippen molar-refractivity contribution >= 4 is 102 Å². The van der Waals surface area contributed by atoms with Gasteiger partial charge in [-0.1, -0.05) is 72.9 Å². The second-order valence-corrected chi connectivity index (χ2v) is 25.7. The number of amides is 4. The molecular weight excluding hydrogens is 1520 g/mol. The standard InChI is InChI=1S/C22H24N2O7S.2C12H19NO4S.C10H7NO4.C10H12O3.2C2H7N.C2H4O2.C2H6.2CH4.H2S/c1-5-31-19-11-14(9-10-18(19)30-3)17(12-32(4,28)29)24-21(26)15-7-6-8-16(23-13(2)25)20(15)22(24)27;2*1-4-17-12-7-9(5-6-11(12)16-2)10(13)8-18(3,14)15;1-5(12)11-7-4-2-3-6-8(7)10(14)15-9(6)13;1-3-13-10-6-8(7-11)4-5-9(10)12-2;2*1-2-3;1-2(3)4;1-2;;;/h6-11,17H,5,12H2,1-4H3,(H,23,25);2*5-7,10H,4,8,13H2,1-3H3;2-4H,1H3,(H,11,12);4-7H,3H2,1-2H3;2*2-3H2,1H3;1H3,(H,3,4);1-2H3;2*1H4;1H2/t17-;10-;;;;;;;;;;/m11........../s1/i1D3,5D2,12D2;2*1D3,4D2,8D2;;1D3,2D3,3D2;;;;;;;. The van der Waals surface area contributed by atoms with E-state index in [2.05, 4.69) is 20.1 Å². The van der Waals surface area contributed by atoms with Gasteiger partial charge in [-0.2, -0.15) is 13.5 Å². The number of esters is 2. The number of aliphatic carboxylic acids is 1. The van der Waals surface area contributed by atoms with E-state index in [-0.39, 0.29) is 113 Å². The molecule has 0 saturated carbocycles. The van der Waals surface area contributed by atoms with Crippen LogP contribution in [0.3, 0.4) is 0 Å². The molecule has 11 N–H and O–H groups in total. The smallest absolute Gasteiger partial charge is 0.349 e. The lowest BCUT2D eigenvalue weighted by Gasteiger charge is -2.27. The van der Waals surface area contributed by atoms with Gasteiger partial charge < -0.3 is 81.3 Å².